The predicted molar refractivity (Wildman–Crippen MR) is 130 cm³/mol. The van der Waals surface area contributed by atoms with Crippen molar-refractivity contribution in [3.8, 4) is 11.3 Å². The van der Waals surface area contributed by atoms with Gasteiger partial charge in [-0.05, 0) is 50.4 Å². The van der Waals surface area contributed by atoms with E-state index in [1.54, 1.807) is 0 Å². The number of benzene rings is 2. The Morgan fingerprint density at radius 2 is 1.87 bits per heavy atom. The smallest absolute Gasteiger partial charge is 0.160 e. The summed E-state index contributed by atoms with van der Waals surface area (Å²) in [6.07, 6.45) is 1.84. The zero-order valence-corrected chi connectivity index (χ0v) is 18.7. The molecule has 4 aromatic rings. The maximum Gasteiger partial charge on any atom is 0.160 e. The fourth-order valence-corrected chi connectivity index (χ4v) is 4.76. The maximum absolute atomic E-state index is 9.33. The topological polar surface area (TPSA) is 74.5 Å². The number of aryl methyl sites for hydroxylation is 1. The van der Waals surface area contributed by atoms with Gasteiger partial charge in [0.15, 0.2) is 5.65 Å². The molecule has 2 unspecified atom stereocenters. The van der Waals surface area contributed by atoms with Crippen molar-refractivity contribution in [1.82, 2.24) is 19.3 Å². The van der Waals surface area contributed by atoms with Crippen molar-refractivity contribution in [3.63, 3.8) is 0 Å². The van der Waals surface area contributed by atoms with E-state index < -0.39 is 0 Å². The van der Waals surface area contributed by atoms with Gasteiger partial charge in [0.2, 0.25) is 0 Å². The first kappa shape index (κ1) is 21.2. The third-order valence-electron chi connectivity index (χ3n) is 4.94. The lowest BCUT2D eigenvalue weighted by molar-refractivity contribution is 0.267. The molecule has 0 bridgehead atoms. The highest BCUT2D eigenvalue weighted by Gasteiger charge is 2.11. The van der Waals surface area contributed by atoms with E-state index in [4.69, 9.17) is 4.98 Å². The van der Waals surface area contributed by atoms with E-state index >= 15 is 0 Å². The van der Waals surface area contributed by atoms with Crippen molar-refractivity contribution < 1.29 is 5.11 Å². The summed E-state index contributed by atoms with van der Waals surface area (Å²) in [4.78, 5) is 5.99. The molecule has 0 aliphatic heterocycles. The average molecular weight is 434 g/mol. The monoisotopic (exact) mass is 433 g/mol. The van der Waals surface area contributed by atoms with E-state index in [2.05, 4.69) is 56.9 Å². The number of rotatable bonds is 7. The molecule has 0 aliphatic carbocycles. The lowest BCUT2D eigenvalue weighted by atomic mass is 10.1. The van der Waals surface area contributed by atoms with Crippen LogP contribution < -0.4 is 10.0 Å². The lowest BCUT2D eigenvalue weighted by Gasteiger charge is -2.16. The van der Waals surface area contributed by atoms with Gasteiger partial charge in [0, 0.05) is 33.8 Å². The highest BCUT2D eigenvalue weighted by atomic mass is 32.2. The summed E-state index contributed by atoms with van der Waals surface area (Å²) in [5, 5.41) is 19.5. The van der Waals surface area contributed by atoms with Crippen LogP contribution in [0.1, 0.15) is 19.4 Å². The second-order valence-electron chi connectivity index (χ2n) is 7.38. The number of hydrogen-bond acceptors (Lipinski definition) is 5. The van der Waals surface area contributed by atoms with Crippen molar-refractivity contribution in [1.29, 1.82) is 0 Å². The van der Waals surface area contributed by atoms with E-state index in [0.29, 0.717) is 0 Å². The molecule has 0 saturated carbocycles. The molecule has 0 spiro atoms. The number of aliphatic hydroxyl groups is 1. The third kappa shape index (κ3) is 4.69. The van der Waals surface area contributed by atoms with Crippen molar-refractivity contribution in [3.05, 3.63) is 72.4 Å². The molecule has 0 amide bonds. The van der Waals surface area contributed by atoms with Gasteiger partial charge in [-0.1, -0.05) is 41.0 Å². The van der Waals surface area contributed by atoms with Gasteiger partial charge in [0.1, 0.15) is 5.82 Å². The second-order valence-corrected chi connectivity index (χ2v) is 9.23. The maximum atomic E-state index is 9.33. The van der Waals surface area contributed by atoms with Gasteiger partial charge in [-0.25, -0.2) is 4.98 Å². The zero-order valence-electron chi connectivity index (χ0n) is 17.9. The van der Waals surface area contributed by atoms with E-state index in [9.17, 15) is 5.11 Å². The number of fused-ring (bicyclic) bond motifs is 1. The predicted octanol–water partition coefficient (Wildman–Crippen LogP) is 4.78. The number of anilines is 2. The molecule has 0 radical (unpaired) electrons. The minimum absolute atomic E-state index is 0.0434. The Morgan fingerprint density at radius 1 is 1.13 bits per heavy atom. The van der Waals surface area contributed by atoms with Crippen LogP contribution in [0.25, 0.3) is 16.9 Å². The Bertz CT molecular complexity index is 1200. The van der Waals surface area contributed by atoms with Gasteiger partial charge < -0.3 is 10.4 Å². The molecular formula is C24H27N5OS. The summed E-state index contributed by atoms with van der Waals surface area (Å²) in [5.74, 6) is 0.859. The Labute approximate surface area is 185 Å². The summed E-state index contributed by atoms with van der Waals surface area (Å²) in [7, 11) is -0.217. The van der Waals surface area contributed by atoms with Crippen molar-refractivity contribution in [2.45, 2.75) is 31.7 Å². The van der Waals surface area contributed by atoms with E-state index in [-0.39, 0.29) is 23.3 Å². The van der Waals surface area contributed by atoms with Crippen LogP contribution in [-0.2, 0) is 0 Å². The quantitative estimate of drug-likeness (QED) is 0.366. The number of nitrogens with one attached hydrogen (secondary N) is 2. The van der Waals surface area contributed by atoms with Gasteiger partial charge in [-0.2, -0.15) is 9.61 Å². The number of nitrogens with zero attached hydrogens (tertiary/aromatic N) is 3. The largest absolute Gasteiger partial charge is 0.395 e. The normalized spacial score (nSPS) is 13.4. The highest BCUT2D eigenvalue weighted by Crippen LogP contribution is 2.28. The van der Waals surface area contributed by atoms with Crippen LogP contribution in [0.15, 0.2) is 71.8 Å². The van der Waals surface area contributed by atoms with Gasteiger partial charge in [-0.15, -0.1) is 0 Å². The van der Waals surface area contributed by atoms with Crippen LogP contribution in [0.2, 0.25) is 0 Å². The molecule has 31 heavy (non-hydrogen) atoms. The van der Waals surface area contributed by atoms with Gasteiger partial charge >= 0.3 is 0 Å². The molecule has 4 rings (SSSR count). The molecule has 3 N–H and O–H groups in total. The van der Waals surface area contributed by atoms with Gasteiger partial charge in [0.05, 0.1) is 18.5 Å². The fraction of sp³-hybridized carbons (Fsp3) is 0.208. The van der Waals surface area contributed by atoms with Crippen molar-refractivity contribution >= 4 is 33.2 Å². The Balaban J connectivity index is 1.65. The molecule has 160 valence electrons. The fourth-order valence-electron chi connectivity index (χ4n) is 3.28. The zero-order chi connectivity index (χ0) is 21.8. The minimum atomic E-state index is -0.217. The molecule has 7 heteroatoms. The Hall–Kier alpha value is -3.00. The molecule has 6 nitrogen and oxygen atoms in total. The minimum Gasteiger partial charge on any atom is -0.395 e. The van der Waals surface area contributed by atoms with Crippen LogP contribution in [0.3, 0.4) is 0 Å². The highest BCUT2D eigenvalue weighted by molar-refractivity contribution is 8.13. The molecule has 2 aromatic heterocycles. The first-order valence-electron chi connectivity index (χ1n) is 10.3. The van der Waals surface area contributed by atoms with Crippen LogP contribution in [0, 0.1) is 6.92 Å². The molecule has 0 fully saturated rings. The van der Waals surface area contributed by atoms with E-state index in [1.165, 1.54) is 4.90 Å². The Kier molecular flexibility index (Phi) is 6.46. The summed E-state index contributed by atoms with van der Waals surface area (Å²) in [6.45, 7) is 6.14. The van der Waals surface area contributed by atoms with Crippen LogP contribution in [0.5, 0.6) is 0 Å². The molecular weight excluding hydrogens is 406 g/mol. The number of aromatic nitrogens is 3. The standard InChI is InChI=1S/C24H27N5OS/c1-4-31(28-18(3)16-30)21-12-10-20(11-13-21)26-23-14-22(19-8-6-5-7-9-19)27-24-17(2)15-25-29(23)24/h4-15,18,26,28,30H,16H2,1-3H3. The summed E-state index contributed by atoms with van der Waals surface area (Å²) in [6, 6.07) is 20.6. The summed E-state index contributed by atoms with van der Waals surface area (Å²) in [5.41, 5.74) is 4.81. The lowest BCUT2D eigenvalue weighted by Crippen LogP contribution is -2.24. The second kappa shape index (κ2) is 9.43. The Morgan fingerprint density at radius 3 is 2.55 bits per heavy atom. The molecule has 0 saturated heterocycles. The van der Waals surface area contributed by atoms with E-state index in [1.807, 2.05) is 55.7 Å². The first-order chi connectivity index (χ1) is 15.1. The SMILES string of the molecule is C/C=S(\NC(C)CO)c1ccc(Nc2cc(-c3ccccc3)nc3c(C)cnn23)cc1. The number of aliphatic hydroxyl groups excluding tert-OH is 1. The van der Waals surface area contributed by atoms with Crippen LogP contribution in [0.4, 0.5) is 11.5 Å². The summed E-state index contributed by atoms with van der Waals surface area (Å²) < 4.78 is 5.27. The number of hydrogen-bond donors (Lipinski definition) is 3. The van der Waals surface area contributed by atoms with Gasteiger partial charge in [-0.3, -0.25) is 4.72 Å². The molecule has 0 aliphatic rings. The molecule has 2 atom stereocenters. The third-order valence-corrected chi connectivity index (χ3v) is 6.84. The average Bonchev–Trinajstić information content (AvgIpc) is 3.19. The van der Waals surface area contributed by atoms with E-state index in [0.717, 1.165) is 34.0 Å². The van der Waals surface area contributed by atoms with Gasteiger partial charge in [0.25, 0.3) is 0 Å². The van der Waals surface area contributed by atoms with Crippen molar-refractivity contribution in [2.75, 3.05) is 11.9 Å². The molecule has 2 aromatic carbocycles. The molecule has 2 heterocycles. The summed E-state index contributed by atoms with van der Waals surface area (Å²) >= 11 is 0. The van der Waals surface area contributed by atoms with Crippen LogP contribution >= 0.6 is 10.7 Å². The first-order valence-corrected chi connectivity index (χ1v) is 11.6. The van der Waals surface area contributed by atoms with Crippen molar-refractivity contribution in [2.24, 2.45) is 0 Å². The van der Waals surface area contributed by atoms with Crippen LogP contribution in [-0.4, -0.2) is 37.7 Å².